The van der Waals surface area contributed by atoms with Gasteiger partial charge in [-0.1, -0.05) is 31.8 Å². The number of fused-ring (bicyclic) bond motifs is 1. The molecule has 0 unspecified atom stereocenters. The van der Waals surface area contributed by atoms with Gasteiger partial charge in [0.2, 0.25) is 11.5 Å². The van der Waals surface area contributed by atoms with Crippen molar-refractivity contribution in [2.75, 3.05) is 0 Å². The van der Waals surface area contributed by atoms with Crippen molar-refractivity contribution < 1.29 is 33.8 Å². The van der Waals surface area contributed by atoms with Crippen LogP contribution >= 0.6 is 0 Å². The summed E-state index contributed by atoms with van der Waals surface area (Å²) < 4.78 is 16.7. The molecule has 0 saturated carbocycles. The van der Waals surface area contributed by atoms with Crippen LogP contribution < -0.4 is 9.47 Å². The minimum atomic E-state index is -1.62. The Labute approximate surface area is 186 Å². The second-order valence-electron chi connectivity index (χ2n) is 9.18. The van der Waals surface area contributed by atoms with Crippen LogP contribution in [0.5, 0.6) is 17.2 Å². The van der Waals surface area contributed by atoms with Crippen molar-refractivity contribution in [3.05, 3.63) is 57.1 Å². The number of carbonyl (C=O) groups excluding carboxylic acids is 1. The highest BCUT2D eigenvalue weighted by atomic mass is 28.3. The lowest BCUT2D eigenvalue weighted by Gasteiger charge is -2.32. The molecule has 2 aromatic rings. The molecule has 0 fully saturated rings. The quantitative estimate of drug-likeness (QED) is 0.257. The zero-order valence-corrected chi connectivity index (χ0v) is 19.6. The monoisotopic (exact) mass is 459 g/mol. The average molecular weight is 460 g/mol. The van der Waals surface area contributed by atoms with Gasteiger partial charge < -0.3 is 19.3 Å². The third-order valence-corrected chi connectivity index (χ3v) is 6.64. The van der Waals surface area contributed by atoms with Gasteiger partial charge in [-0.3, -0.25) is 10.1 Å². The summed E-state index contributed by atoms with van der Waals surface area (Å²) in [6, 6.07) is 7.82. The summed E-state index contributed by atoms with van der Waals surface area (Å²) in [4.78, 5) is 35.7. The number of hydrogen-bond acceptors (Lipinski definition) is 7. The molecule has 0 aliphatic carbocycles. The maximum absolute atomic E-state index is 12.6. The SMILES string of the molecule is CC1(C)OC(=O)c2c(Oc3ccc(C(=O)O)c(CC[Si](C)(C)C)c3[N+](=O)[O-])cccc2O1. The lowest BCUT2D eigenvalue weighted by molar-refractivity contribution is -0.386. The Morgan fingerprint density at radius 3 is 2.44 bits per heavy atom. The molecule has 1 aliphatic heterocycles. The van der Waals surface area contributed by atoms with Gasteiger partial charge in [-0.25, -0.2) is 9.59 Å². The summed E-state index contributed by atoms with van der Waals surface area (Å²) in [5.41, 5.74) is -0.452. The summed E-state index contributed by atoms with van der Waals surface area (Å²) in [6.45, 7) is 9.47. The number of cyclic esters (lactones) is 1. The van der Waals surface area contributed by atoms with Crippen LogP contribution in [-0.2, 0) is 11.2 Å². The van der Waals surface area contributed by atoms with E-state index in [-0.39, 0.29) is 40.4 Å². The molecule has 2 aromatic carbocycles. The molecule has 10 heteroatoms. The van der Waals surface area contributed by atoms with Crippen LogP contribution in [0.3, 0.4) is 0 Å². The standard InChI is InChI=1S/C22H25NO8Si/c1-22(2)30-16-8-6-7-15(18(16)21(26)31-22)29-17-10-9-14(20(24)25)13(19(17)23(27)28)11-12-32(3,4)5/h6-10H,11-12H2,1-5H3,(H,24,25). The molecule has 0 spiro atoms. The molecular weight excluding hydrogens is 434 g/mol. The van der Waals surface area contributed by atoms with E-state index in [0.717, 1.165) is 0 Å². The fraction of sp³-hybridized carbons (Fsp3) is 0.364. The second-order valence-corrected chi connectivity index (χ2v) is 14.8. The highest BCUT2D eigenvalue weighted by molar-refractivity contribution is 6.76. The van der Waals surface area contributed by atoms with Crippen molar-refractivity contribution in [3.63, 3.8) is 0 Å². The van der Waals surface area contributed by atoms with Gasteiger partial charge in [-0.2, -0.15) is 0 Å². The molecule has 0 atom stereocenters. The molecule has 0 radical (unpaired) electrons. The third kappa shape index (κ3) is 4.91. The summed E-state index contributed by atoms with van der Waals surface area (Å²) in [6.07, 6.45) is 0.233. The number of nitro groups is 1. The summed E-state index contributed by atoms with van der Waals surface area (Å²) in [5, 5.41) is 21.6. The number of benzene rings is 2. The van der Waals surface area contributed by atoms with Crippen molar-refractivity contribution in [2.45, 2.75) is 51.7 Å². The van der Waals surface area contributed by atoms with Gasteiger partial charge in [0.25, 0.3) is 0 Å². The summed E-state index contributed by atoms with van der Waals surface area (Å²) >= 11 is 0. The molecule has 1 N–H and O–H groups in total. The molecule has 1 aliphatic rings. The number of esters is 1. The first-order valence-electron chi connectivity index (χ1n) is 10.1. The number of nitrogens with zero attached hydrogens (tertiary/aromatic N) is 1. The molecule has 170 valence electrons. The van der Waals surface area contributed by atoms with E-state index in [1.165, 1.54) is 18.2 Å². The molecule has 0 saturated heterocycles. The highest BCUT2D eigenvalue weighted by Crippen LogP contribution is 2.42. The first kappa shape index (κ1) is 23.3. The molecule has 0 aromatic heterocycles. The van der Waals surface area contributed by atoms with Crippen molar-refractivity contribution in [1.82, 2.24) is 0 Å². The zero-order chi connectivity index (χ0) is 23.8. The first-order chi connectivity index (χ1) is 14.8. The van der Waals surface area contributed by atoms with Gasteiger partial charge in [0, 0.05) is 27.5 Å². The third-order valence-electron chi connectivity index (χ3n) is 4.89. The summed E-state index contributed by atoms with van der Waals surface area (Å²) in [7, 11) is -1.62. The fourth-order valence-corrected chi connectivity index (χ4v) is 4.41. The highest BCUT2D eigenvalue weighted by Gasteiger charge is 2.37. The van der Waals surface area contributed by atoms with Crippen molar-refractivity contribution in [3.8, 4) is 17.2 Å². The molecule has 0 amide bonds. The number of hydrogen-bond donors (Lipinski definition) is 1. The van der Waals surface area contributed by atoms with E-state index in [1.807, 2.05) is 0 Å². The normalized spacial score (nSPS) is 14.7. The van der Waals surface area contributed by atoms with Gasteiger partial charge in [0.05, 0.1) is 10.5 Å². The van der Waals surface area contributed by atoms with Crippen LogP contribution in [0.2, 0.25) is 25.7 Å². The number of carboxylic acids is 1. The van der Waals surface area contributed by atoms with Crippen LogP contribution in [0.25, 0.3) is 0 Å². The van der Waals surface area contributed by atoms with Gasteiger partial charge in [0.15, 0.2) is 0 Å². The number of carbonyl (C=O) groups is 2. The van der Waals surface area contributed by atoms with E-state index in [0.29, 0.717) is 6.04 Å². The molecule has 32 heavy (non-hydrogen) atoms. The molecular formula is C22H25NO8Si. The lowest BCUT2D eigenvalue weighted by Crippen LogP contribution is -2.38. The fourth-order valence-electron chi connectivity index (χ4n) is 3.41. The van der Waals surface area contributed by atoms with E-state index < -0.39 is 36.4 Å². The minimum Gasteiger partial charge on any atom is -0.478 e. The average Bonchev–Trinajstić information content (AvgIpc) is 2.63. The Hall–Kier alpha value is -3.40. The Morgan fingerprint density at radius 2 is 1.84 bits per heavy atom. The first-order valence-corrected chi connectivity index (χ1v) is 13.8. The van der Waals surface area contributed by atoms with Gasteiger partial charge >= 0.3 is 17.6 Å². The largest absolute Gasteiger partial charge is 0.478 e. The zero-order valence-electron chi connectivity index (χ0n) is 18.6. The van der Waals surface area contributed by atoms with Crippen LogP contribution in [0.1, 0.15) is 40.1 Å². The maximum atomic E-state index is 12.6. The van der Waals surface area contributed by atoms with E-state index in [2.05, 4.69) is 19.6 Å². The van der Waals surface area contributed by atoms with Gasteiger partial charge in [-0.05, 0) is 30.7 Å². The Bertz CT molecular complexity index is 1100. The number of rotatable bonds is 7. The van der Waals surface area contributed by atoms with Crippen LogP contribution in [0, 0.1) is 10.1 Å². The predicted molar refractivity (Wildman–Crippen MR) is 119 cm³/mol. The van der Waals surface area contributed by atoms with Crippen LogP contribution in [0.15, 0.2) is 30.3 Å². The van der Waals surface area contributed by atoms with Crippen molar-refractivity contribution in [1.29, 1.82) is 0 Å². The Morgan fingerprint density at radius 1 is 1.16 bits per heavy atom. The molecule has 0 bridgehead atoms. The minimum absolute atomic E-state index is 0.00656. The van der Waals surface area contributed by atoms with Gasteiger partial charge in [0.1, 0.15) is 17.1 Å². The molecule has 3 rings (SSSR count). The number of nitro benzene ring substituents is 1. The van der Waals surface area contributed by atoms with Crippen LogP contribution in [0.4, 0.5) is 5.69 Å². The Balaban J connectivity index is 2.11. The number of aromatic carboxylic acids is 1. The smallest absolute Gasteiger partial charge is 0.349 e. The topological polar surface area (TPSA) is 125 Å². The van der Waals surface area contributed by atoms with Crippen molar-refractivity contribution in [2.24, 2.45) is 0 Å². The lowest BCUT2D eigenvalue weighted by atomic mass is 10.0. The van der Waals surface area contributed by atoms with E-state index in [4.69, 9.17) is 14.2 Å². The van der Waals surface area contributed by atoms with E-state index in [9.17, 15) is 24.8 Å². The number of ether oxygens (including phenoxy) is 3. The van der Waals surface area contributed by atoms with Gasteiger partial charge in [-0.15, -0.1) is 0 Å². The summed E-state index contributed by atoms with van der Waals surface area (Å²) in [5.74, 6) is -3.01. The predicted octanol–water partition coefficient (Wildman–Crippen LogP) is 5.25. The number of carboxylic acid groups (broad SMARTS) is 1. The van der Waals surface area contributed by atoms with E-state index >= 15 is 0 Å². The Kier molecular flexibility index (Phi) is 6.01. The molecule has 1 heterocycles. The molecule has 9 nitrogen and oxygen atoms in total. The second kappa shape index (κ2) is 8.27. The maximum Gasteiger partial charge on any atom is 0.349 e. The van der Waals surface area contributed by atoms with E-state index in [1.54, 1.807) is 26.0 Å². The van der Waals surface area contributed by atoms with Crippen molar-refractivity contribution >= 4 is 25.7 Å². The van der Waals surface area contributed by atoms with Crippen LogP contribution in [-0.4, -0.2) is 35.8 Å².